The third-order valence-corrected chi connectivity index (χ3v) is 0.678. The molecule has 0 spiro atoms. The van der Waals surface area contributed by atoms with Crippen molar-refractivity contribution in [1.82, 2.24) is 0 Å². The summed E-state index contributed by atoms with van der Waals surface area (Å²) in [6.07, 6.45) is 0. The van der Waals surface area contributed by atoms with E-state index in [-0.39, 0.29) is 5.82 Å². The van der Waals surface area contributed by atoms with Gasteiger partial charge in [-0.25, -0.2) is 4.39 Å². The van der Waals surface area contributed by atoms with Crippen LogP contribution in [0.1, 0.15) is 0 Å². The second-order valence-electron chi connectivity index (χ2n) is 1.32. The van der Waals surface area contributed by atoms with Gasteiger partial charge in [-0.2, -0.15) is 0 Å². The predicted molar refractivity (Wildman–Crippen MR) is 36.9 cm³/mol. The molecule has 0 nitrogen and oxygen atoms in total. The van der Waals surface area contributed by atoms with Crippen LogP contribution in [0.5, 0.6) is 0 Å². The zero-order valence-corrected chi connectivity index (χ0v) is 9.63. The minimum atomic E-state index is -0.931. The first kappa shape index (κ1) is 10.4. The van der Waals surface area contributed by atoms with E-state index in [1.807, 2.05) is 0 Å². The molecule has 0 bridgehead atoms. The van der Waals surface area contributed by atoms with Crippen LogP contribution in [0, 0.1) is 11.9 Å². The zero-order chi connectivity index (χ0) is 7.82. The number of halogens is 3. The summed E-state index contributed by atoms with van der Waals surface area (Å²) in [6.45, 7) is 0. The van der Waals surface area contributed by atoms with Gasteiger partial charge in [0.05, 0.1) is 0 Å². The van der Waals surface area contributed by atoms with Crippen LogP contribution in [0.3, 0.4) is 0 Å². The van der Waals surface area contributed by atoms with Gasteiger partial charge >= 0.3 is 34.5 Å². The molecule has 10 heavy (non-hydrogen) atoms. The van der Waals surface area contributed by atoms with Crippen molar-refractivity contribution < 1.29 is 19.5 Å². The fourth-order valence-electron chi connectivity index (χ4n) is 0.367. The summed E-state index contributed by atoms with van der Waals surface area (Å²) in [5.74, 6) is -0.209. The molecule has 0 aromatic heterocycles. The summed E-state index contributed by atoms with van der Waals surface area (Å²) >= 11 is -0.931. The minimum absolute atomic E-state index is 0.209. The van der Waals surface area contributed by atoms with Crippen LogP contribution < -0.4 is 0 Å². The monoisotopic (exact) mass is 229 g/mol. The molecule has 0 aliphatic heterocycles. The number of benzene rings is 1. The Bertz CT molecular complexity index is 157. The second-order valence-corrected chi connectivity index (χ2v) is 5.94. The molecule has 4 heteroatoms. The second kappa shape index (κ2) is 7.46. The molecule has 0 aliphatic carbocycles. The van der Waals surface area contributed by atoms with Crippen molar-refractivity contribution in [3.63, 3.8) is 0 Å². The molecule has 0 aliphatic rings. The van der Waals surface area contributed by atoms with Crippen molar-refractivity contribution in [2.75, 3.05) is 0 Å². The summed E-state index contributed by atoms with van der Waals surface area (Å²) in [7, 11) is 9.90. The van der Waals surface area contributed by atoms with Crippen LogP contribution in [0.15, 0.2) is 24.3 Å². The normalized spacial score (nSPS) is 7.10. The van der Waals surface area contributed by atoms with E-state index in [1.165, 1.54) is 24.3 Å². The standard InChI is InChI=1S/C6H4F.2ClH.Zn/c7-6-4-2-1-3-5-6;;;/h2-5H;2*1H;/q;;;+2/p-2. The molecule has 0 N–H and O–H groups in total. The van der Waals surface area contributed by atoms with Gasteiger partial charge in [0.15, 0.2) is 0 Å². The van der Waals surface area contributed by atoms with Crippen molar-refractivity contribution in [2.45, 2.75) is 0 Å². The maximum absolute atomic E-state index is 11.9. The van der Waals surface area contributed by atoms with Gasteiger partial charge in [0.2, 0.25) is 0 Å². The van der Waals surface area contributed by atoms with E-state index in [9.17, 15) is 4.39 Å². The molecule has 0 heterocycles. The molecular formula is C6H4Cl2FZn. The summed E-state index contributed by atoms with van der Waals surface area (Å²) in [5, 5.41) is 0. The van der Waals surface area contributed by atoms with Crippen LogP contribution in [0.25, 0.3) is 0 Å². The molecule has 1 aromatic carbocycles. The summed E-state index contributed by atoms with van der Waals surface area (Å²) in [4.78, 5) is 0. The van der Waals surface area contributed by atoms with Crippen molar-refractivity contribution in [3.05, 3.63) is 36.1 Å². The van der Waals surface area contributed by atoms with Gasteiger partial charge < -0.3 is 0 Å². The van der Waals surface area contributed by atoms with Crippen LogP contribution >= 0.6 is 19.4 Å². The SMILES string of the molecule is Fc1cc[c]cc1.[Cl][Zn][Cl]. The first-order valence-corrected chi connectivity index (χ1v) is 10.3. The maximum atomic E-state index is 11.9. The Balaban J connectivity index is 0.000000236. The Kier molecular flexibility index (Phi) is 7.72. The molecule has 0 unspecified atom stereocenters. The summed E-state index contributed by atoms with van der Waals surface area (Å²) in [6, 6.07) is 8.49. The third kappa shape index (κ3) is 6.47. The molecule has 51 valence electrons. The third-order valence-electron chi connectivity index (χ3n) is 0.678. The Morgan fingerprint density at radius 2 is 1.70 bits per heavy atom. The Labute approximate surface area is 75.0 Å². The molecular weight excluding hydrogens is 227 g/mol. The van der Waals surface area contributed by atoms with Gasteiger partial charge in [0.1, 0.15) is 5.82 Å². The predicted octanol–water partition coefficient (Wildman–Crippen LogP) is 3.00. The average molecular weight is 231 g/mol. The quantitative estimate of drug-likeness (QED) is 0.602. The van der Waals surface area contributed by atoms with E-state index in [2.05, 4.69) is 6.07 Å². The average Bonchev–Trinajstić information content (AvgIpc) is 1.91. The molecule has 0 fully saturated rings. The molecule has 0 saturated carbocycles. The molecule has 0 amide bonds. The number of hydrogen-bond acceptors (Lipinski definition) is 0. The molecule has 0 atom stereocenters. The van der Waals surface area contributed by atoms with Gasteiger partial charge in [-0.15, -0.1) is 0 Å². The van der Waals surface area contributed by atoms with E-state index in [0.717, 1.165) is 0 Å². The van der Waals surface area contributed by atoms with Gasteiger partial charge in [-0.3, -0.25) is 0 Å². The Hall–Kier alpha value is 0.353. The van der Waals surface area contributed by atoms with Crippen molar-refractivity contribution in [2.24, 2.45) is 0 Å². The van der Waals surface area contributed by atoms with Crippen molar-refractivity contribution >= 4 is 19.4 Å². The summed E-state index contributed by atoms with van der Waals surface area (Å²) < 4.78 is 11.9. The first-order valence-electron chi connectivity index (χ1n) is 2.54. The topological polar surface area (TPSA) is 0 Å². The van der Waals surface area contributed by atoms with Gasteiger partial charge in [0, 0.05) is 0 Å². The van der Waals surface area contributed by atoms with E-state index < -0.39 is 15.1 Å². The Morgan fingerprint density at radius 1 is 1.30 bits per heavy atom. The van der Waals surface area contributed by atoms with Crippen LogP contribution in [-0.4, -0.2) is 0 Å². The van der Waals surface area contributed by atoms with Crippen LogP contribution in [0.4, 0.5) is 4.39 Å². The van der Waals surface area contributed by atoms with Crippen LogP contribution in [-0.2, 0) is 15.1 Å². The van der Waals surface area contributed by atoms with E-state index in [4.69, 9.17) is 19.4 Å². The fraction of sp³-hybridized carbons (Fsp3) is 0. The Morgan fingerprint density at radius 3 is 1.90 bits per heavy atom. The fourth-order valence-corrected chi connectivity index (χ4v) is 0.367. The van der Waals surface area contributed by atoms with Gasteiger partial charge in [-0.05, 0) is 18.2 Å². The number of hydrogen-bond donors (Lipinski definition) is 0. The van der Waals surface area contributed by atoms with Crippen molar-refractivity contribution in [1.29, 1.82) is 0 Å². The van der Waals surface area contributed by atoms with Gasteiger partial charge in [0.25, 0.3) is 0 Å². The van der Waals surface area contributed by atoms with E-state index in [1.54, 1.807) is 0 Å². The molecule has 1 aromatic rings. The molecule has 0 saturated heterocycles. The van der Waals surface area contributed by atoms with Gasteiger partial charge in [-0.1, -0.05) is 12.1 Å². The first-order chi connectivity index (χ1) is 4.81. The zero-order valence-electron chi connectivity index (χ0n) is 5.15. The molecule has 1 rings (SSSR count). The van der Waals surface area contributed by atoms with E-state index >= 15 is 0 Å². The number of rotatable bonds is 0. The van der Waals surface area contributed by atoms with Crippen LogP contribution in [0.2, 0.25) is 0 Å². The summed E-state index contributed by atoms with van der Waals surface area (Å²) in [5.41, 5.74) is 0. The molecule has 1 radical (unpaired) electrons. The van der Waals surface area contributed by atoms with Crippen molar-refractivity contribution in [3.8, 4) is 0 Å². The van der Waals surface area contributed by atoms with E-state index in [0.29, 0.717) is 0 Å².